The Morgan fingerprint density at radius 3 is 2.91 bits per heavy atom. The summed E-state index contributed by atoms with van der Waals surface area (Å²) in [6, 6.07) is -0.109. The van der Waals surface area contributed by atoms with Gasteiger partial charge in [0.25, 0.3) is 0 Å². The highest BCUT2D eigenvalue weighted by Gasteiger charge is 2.44. The predicted octanol–water partition coefficient (Wildman–Crippen LogP) is 0.683. The second kappa shape index (κ2) is 6.29. The van der Waals surface area contributed by atoms with Gasteiger partial charge in [-0.3, -0.25) is 0 Å². The van der Waals surface area contributed by atoms with Crippen molar-refractivity contribution in [1.82, 2.24) is 14.7 Å². The Labute approximate surface area is 135 Å². The zero-order valence-corrected chi connectivity index (χ0v) is 13.9. The number of nitrogens with one attached hydrogen (secondary N) is 1. The summed E-state index contributed by atoms with van der Waals surface area (Å²) in [5.74, 6) is 0.0844. The molecule has 128 valence electrons. The van der Waals surface area contributed by atoms with E-state index in [1.165, 1.54) is 0 Å². The monoisotopic (exact) mass is 344 g/mol. The third-order valence-corrected chi connectivity index (χ3v) is 5.88. The van der Waals surface area contributed by atoms with Crippen LogP contribution in [0.5, 0.6) is 0 Å². The Morgan fingerprint density at radius 1 is 1.48 bits per heavy atom. The first-order valence-electron chi connectivity index (χ1n) is 7.78. The Hall–Kier alpha value is -1.32. The molecule has 0 radical (unpaired) electrons. The van der Waals surface area contributed by atoms with E-state index in [0.717, 1.165) is 18.8 Å². The van der Waals surface area contributed by atoms with Gasteiger partial charge >= 0.3 is 0 Å². The van der Waals surface area contributed by atoms with Gasteiger partial charge in [-0.25, -0.2) is 27.5 Å². The number of nitrogens with zero attached hydrogens (tertiary/aromatic N) is 3. The molecule has 1 aromatic heterocycles. The molecule has 3 heterocycles. The maximum Gasteiger partial charge on any atom is 0.225 e. The number of sulfonamides is 1. The molecule has 2 saturated heterocycles. The van der Waals surface area contributed by atoms with Crippen LogP contribution in [0.2, 0.25) is 0 Å². The number of aromatic nitrogens is 2. The SMILES string of the molecule is CCS(=O)(=O)N[C@H]1CCO[C@]2(CCN(c3ncc(F)cn3)C2)C1. The minimum Gasteiger partial charge on any atom is -0.373 e. The Kier molecular flexibility index (Phi) is 4.52. The summed E-state index contributed by atoms with van der Waals surface area (Å²) in [7, 11) is -3.22. The maximum absolute atomic E-state index is 12.9. The lowest BCUT2D eigenvalue weighted by molar-refractivity contribution is -0.0706. The quantitative estimate of drug-likeness (QED) is 0.865. The average Bonchev–Trinajstić information content (AvgIpc) is 2.91. The van der Waals surface area contributed by atoms with Crippen LogP contribution >= 0.6 is 0 Å². The minimum absolute atomic E-state index is 0.0763. The molecule has 0 amide bonds. The summed E-state index contributed by atoms with van der Waals surface area (Å²) >= 11 is 0. The molecule has 2 atom stereocenters. The molecule has 1 aromatic rings. The highest BCUT2D eigenvalue weighted by atomic mass is 32.2. The van der Waals surface area contributed by atoms with Crippen molar-refractivity contribution in [3.05, 3.63) is 18.2 Å². The van der Waals surface area contributed by atoms with Crippen LogP contribution in [0.3, 0.4) is 0 Å². The van der Waals surface area contributed by atoms with Crippen LogP contribution in [-0.4, -0.2) is 55.5 Å². The molecule has 3 rings (SSSR count). The third-order valence-electron chi connectivity index (χ3n) is 4.43. The van der Waals surface area contributed by atoms with Gasteiger partial charge in [0.15, 0.2) is 5.82 Å². The molecular weight excluding hydrogens is 323 g/mol. The fourth-order valence-electron chi connectivity index (χ4n) is 3.23. The molecule has 2 aliphatic heterocycles. The van der Waals surface area contributed by atoms with E-state index in [9.17, 15) is 12.8 Å². The first-order chi connectivity index (χ1) is 10.9. The summed E-state index contributed by atoms with van der Waals surface area (Å²) in [5.41, 5.74) is -0.392. The van der Waals surface area contributed by atoms with E-state index in [1.54, 1.807) is 6.92 Å². The second-order valence-corrected chi connectivity index (χ2v) is 8.16. The molecule has 7 nitrogen and oxygen atoms in total. The van der Waals surface area contributed by atoms with E-state index in [-0.39, 0.29) is 11.8 Å². The lowest BCUT2D eigenvalue weighted by Gasteiger charge is -2.38. The van der Waals surface area contributed by atoms with Crippen LogP contribution < -0.4 is 9.62 Å². The van der Waals surface area contributed by atoms with E-state index in [2.05, 4.69) is 14.7 Å². The van der Waals surface area contributed by atoms with Gasteiger partial charge in [0.05, 0.1) is 23.7 Å². The second-order valence-electron chi connectivity index (χ2n) is 6.12. The average molecular weight is 344 g/mol. The number of hydrogen-bond donors (Lipinski definition) is 1. The topological polar surface area (TPSA) is 84.4 Å². The van der Waals surface area contributed by atoms with E-state index in [0.29, 0.717) is 38.5 Å². The number of halogens is 1. The van der Waals surface area contributed by atoms with Gasteiger partial charge in [-0.1, -0.05) is 0 Å². The number of ether oxygens (including phenoxy) is 1. The van der Waals surface area contributed by atoms with Gasteiger partial charge in [0.2, 0.25) is 16.0 Å². The summed E-state index contributed by atoms with van der Waals surface area (Å²) in [5, 5.41) is 0. The van der Waals surface area contributed by atoms with Crippen molar-refractivity contribution in [2.24, 2.45) is 0 Å². The van der Waals surface area contributed by atoms with Crippen LogP contribution in [0.25, 0.3) is 0 Å². The van der Waals surface area contributed by atoms with Crippen LogP contribution in [0.1, 0.15) is 26.2 Å². The van der Waals surface area contributed by atoms with Gasteiger partial charge in [0, 0.05) is 25.7 Å². The molecule has 0 bridgehead atoms. The Bertz CT molecular complexity index is 654. The Morgan fingerprint density at radius 2 is 2.22 bits per heavy atom. The predicted molar refractivity (Wildman–Crippen MR) is 83.1 cm³/mol. The first kappa shape index (κ1) is 16.5. The van der Waals surface area contributed by atoms with Gasteiger partial charge in [-0.2, -0.15) is 0 Å². The van der Waals surface area contributed by atoms with Crippen molar-refractivity contribution in [1.29, 1.82) is 0 Å². The van der Waals surface area contributed by atoms with Gasteiger partial charge < -0.3 is 9.64 Å². The lowest BCUT2D eigenvalue weighted by Crippen LogP contribution is -2.50. The van der Waals surface area contributed by atoms with Crippen molar-refractivity contribution >= 4 is 16.0 Å². The first-order valence-corrected chi connectivity index (χ1v) is 9.43. The van der Waals surface area contributed by atoms with Crippen LogP contribution in [0.15, 0.2) is 12.4 Å². The number of hydrogen-bond acceptors (Lipinski definition) is 6. The fraction of sp³-hybridized carbons (Fsp3) is 0.714. The normalized spacial score (nSPS) is 28.4. The summed E-state index contributed by atoms with van der Waals surface area (Å²) in [6.45, 7) is 3.44. The molecule has 2 aliphatic rings. The van der Waals surface area contributed by atoms with Gasteiger partial charge in [0.1, 0.15) is 0 Å². The van der Waals surface area contributed by atoms with Gasteiger partial charge in [-0.15, -0.1) is 0 Å². The smallest absolute Gasteiger partial charge is 0.225 e. The van der Waals surface area contributed by atoms with Crippen LogP contribution in [0.4, 0.5) is 10.3 Å². The van der Waals surface area contributed by atoms with E-state index in [1.807, 2.05) is 4.90 Å². The summed E-state index contributed by atoms with van der Waals surface area (Å²) in [4.78, 5) is 9.96. The van der Waals surface area contributed by atoms with Crippen molar-refractivity contribution < 1.29 is 17.5 Å². The molecule has 2 fully saturated rings. The molecule has 0 aromatic carbocycles. The fourth-order valence-corrected chi connectivity index (χ4v) is 4.11. The highest BCUT2D eigenvalue weighted by Crippen LogP contribution is 2.35. The largest absolute Gasteiger partial charge is 0.373 e. The van der Waals surface area contributed by atoms with E-state index >= 15 is 0 Å². The third kappa shape index (κ3) is 3.78. The molecule has 0 unspecified atom stereocenters. The van der Waals surface area contributed by atoms with Crippen molar-refractivity contribution in [2.45, 2.75) is 37.8 Å². The van der Waals surface area contributed by atoms with E-state index in [4.69, 9.17) is 4.74 Å². The van der Waals surface area contributed by atoms with E-state index < -0.39 is 21.4 Å². The summed E-state index contributed by atoms with van der Waals surface area (Å²) < 4.78 is 45.2. The summed E-state index contributed by atoms with van der Waals surface area (Å²) in [6.07, 6.45) is 4.37. The highest BCUT2D eigenvalue weighted by molar-refractivity contribution is 7.89. The van der Waals surface area contributed by atoms with Crippen LogP contribution in [0, 0.1) is 5.82 Å². The zero-order chi connectivity index (χ0) is 16.5. The standard InChI is InChI=1S/C14H21FN4O3S/c1-2-23(20,21)18-12-3-6-22-14(7-12)4-5-19(10-14)13-16-8-11(15)9-17-13/h8-9,12,18H,2-7,10H2,1H3/t12-,14+/m0/s1. The minimum atomic E-state index is -3.22. The zero-order valence-electron chi connectivity index (χ0n) is 13.0. The Balaban J connectivity index is 1.67. The molecular formula is C14H21FN4O3S. The van der Waals surface area contributed by atoms with Crippen molar-refractivity contribution in [2.75, 3.05) is 30.3 Å². The van der Waals surface area contributed by atoms with Gasteiger partial charge in [-0.05, 0) is 26.2 Å². The van der Waals surface area contributed by atoms with Crippen molar-refractivity contribution in [3.8, 4) is 0 Å². The molecule has 1 N–H and O–H groups in total. The number of rotatable bonds is 4. The molecule has 0 saturated carbocycles. The molecule has 1 spiro atoms. The molecule has 23 heavy (non-hydrogen) atoms. The maximum atomic E-state index is 12.9. The molecule has 9 heteroatoms. The van der Waals surface area contributed by atoms with Crippen LogP contribution in [-0.2, 0) is 14.8 Å². The number of anilines is 1. The van der Waals surface area contributed by atoms with Crippen molar-refractivity contribution in [3.63, 3.8) is 0 Å². The lowest BCUT2D eigenvalue weighted by atomic mass is 9.90. The molecule has 0 aliphatic carbocycles.